The highest BCUT2D eigenvalue weighted by Gasteiger charge is 2.28. The Labute approximate surface area is 152 Å². The maximum atomic E-state index is 12.4. The van der Waals surface area contributed by atoms with Gasteiger partial charge in [0, 0.05) is 16.9 Å². The molecule has 1 amide bonds. The first kappa shape index (κ1) is 17.5. The number of hydrogen-bond donors (Lipinski definition) is 1. The summed E-state index contributed by atoms with van der Waals surface area (Å²) in [6, 6.07) is 16.8. The topological polar surface area (TPSA) is 46.2 Å². The lowest BCUT2D eigenvalue weighted by Crippen LogP contribution is -2.21. The van der Waals surface area contributed by atoms with Crippen LogP contribution in [0.2, 0.25) is 0 Å². The molecule has 0 atom stereocenters. The monoisotopic (exact) mass is 351 g/mol. The average Bonchev–Trinajstić information content (AvgIpc) is 2.55. The number of thioether (sulfide) groups is 1. The Hall–Kier alpha value is -2.33. The molecule has 4 heteroatoms. The maximum absolute atomic E-state index is 12.4. The molecule has 0 heterocycles. The van der Waals surface area contributed by atoms with Crippen molar-refractivity contribution in [2.24, 2.45) is 5.41 Å². The Balaban J connectivity index is 1.80. The summed E-state index contributed by atoms with van der Waals surface area (Å²) in [6.45, 7) is 4.23. The third-order valence-electron chi connectivity index (χ3n) is 4.04. The number of carbonyl (C=O) groups excluding carboxylic acids is 2. The van der Waals surface area contributed by atoms with Crippen LogP contribution in [0.15, 0.2) is 70.5 Å². The minimum absolute atomic E-state index is 0.0175. The van der Waals surface area contributed by atoms with E-state index in [2.05, 4.69) is 19.2 Å². The summed E-state index contributed by atoms with van der Waals surface area (Å²) in [5, 5.41) is 2.98. The van der Waals surface area contributed by atoms with Crippen LogP contribution >= 0.6 is 11.8 Å². The molecular weight excluding hydrogens is 330 g/mol. The second kappa shape index (κ2) is 7.28. The minimum Gasteiger partial charge on any atom is -0.321 e. The smallest absolute Gasteiger partial charge is 0.255 e. The predicted molar refractivity (Wildman–Crippen MR) is 103 cm³/mol. The van der Waals surface area contributed by atoms with Crippen molar-refractivity contribution in [2.75, 3.05) is 5.32 Å². The van der Waals surface area contributed by atoms with E-state index in [1.807, 2.05) is 42.5 Å². The zero-order chi connectivity index (χ0) is 17.9. The normalized spacial score (nSPS) is 16.2. The highest BCUT2D eigenvalue weighted by molar-refractivity contribution is 8.03. The highest BCUT2D eigenvalue weighted by atomic mass is 32.2. The Morgan fingerprint density at radius 3 is 2.40 bits per heavy atom. The molecule has 0 unspecified atom stereocenters. The van der Waals surface area contributed by atoms with E-state index >= 15 is 0 Å². The Kier molecular flexibility index (Phi) is 5.09. The number of para-hydroxylation sites is 1. The van der Waals surface area contributed by atoms with Crippen molar-refractivity contribution in [3.05, 3.63) is 71.1 Å². The van der Waals surface area contributed by atoms with Crippen molar-refractivity contribution in [1.29, 1.82) is 0 Å². The van der Waals surface area contributed by atoms with Crippen LogP contribution in [0.4, 0.5) is 5.69 Å². The summed E-state index contributed by atoms with van der Waals surface area (Å²) < 4.78 is 0. The van der Waals surface area contributed by atoms with Crippen molar-refractivity contribution in [3.8, 4) is 0 Å². The average molecular weight is 351 g/mol. The van der Waals surface area contributed by atoms with E-state index in [4.69, 9.17) is 0 Å². The molecule has 0 bridgehead atoms. The van der Waals surface area contributed by atoms with E-state index < -0.39 is 0 Å². The first-order chi connectivity index (χ1) is 11.9. The number of amides is 1. The molecule has 0 saturated heterocycles. The lowest BCUT2D eigenvalue weighted by atomic mass is 9.80. The van der Waals surface area contributed by atoms with Crippen LogP contribution in [0.25, 0.3) is 0 Å². The number of anilines is 1. The van der Waals surface area contributed by atoms with Crippen LogP contribution in [0.3, 0.4) is 0 Å². The molecule has 25 heavy (non-hydrogen) atoms. The molecule has 0 fully saturated rings. The SMILES string of the molecule is CC1(C)CC(=O)C=C(Sc2ccccc2NC(=O)c2ccccc2)C1. The van der Waals surface area contributed by atoms with Gasteiger partial charge in [0.15, 0.2) is 5.78 Å². The van der Waals surface area contributed by atoms with E-state index in [9.17, 15) is 9.59 Å². The van der Waals surface area contributed by atoms with Crippen LogP contribution in [-0.4, -0.2) is 11.7 Å². The quantitative estimate of drug-likeness (QED) is 0.812. The fourth-order valence-corrected chi connectivity index (χ4v) is 4.25. The number of benzene rings is 2. The van der Waals surface area contributed by atoms with Crippen LogP contribution in [0.1, 0.15) is 37.0 Å². The second-order valence-electron chi connectivity index (χ2n) is 7.01. The molecule has 1 aliphatic rings. The third kappa shape index (κ3) is 4.60. The summed E-state index contributed by atoms with van der Waals surface area (Å²) in [5.74, 6) is 0.0345. The molecule has 3 nitrogen and oxygen atoms in total. The first-order valence-corrected chi connectivity index (χ1v) is 9.11. The van der Waals surface area contributed by atoms with Crippen molar-refractivity contribution in [2.45, 2.75) is 31.6 Å². The van der Waals surface area contributed by atoms with Crippen LogP contribution in [-0.2, 0) is 4.79 Å². The third-order valence-corrected chi connectivity index (χ3v) is 5.14. The lowest BCUT2D eigenvalue weighted by molar-refractivity contribution is -0.116. The summed E-state index contributed by atoms with van der Waals surface area (Å²) in [4.78, 5) is 26.4. The lowest BCUT2D eigenvalue weighted by Gasteiger charge is -2.28. The maximum Gasteiger partial charge on any atom is 0.255 e. The van der Waals surface area contributed by atoms with Crippen molar-refractivity contribution in [1.82, 2.24) is 0 Å². The van der Waals surface area contributed by atoms with Crippen molar-refractivity contribution < 1.29 is 9.59 Å². The zero-order valence-electron chi connectivity index (χ0n) is 14.4. The van der Waals surface area contributed by atoms with E-state index in [0.29, 0.717) is 12.0 Å². The number of allylic oxidation sites excluding steroid dienone is 2. The van der Waals surface area contributed by atoms with E-state index in [-0.39, 0.29) is 17.1 Å². The second-order valence-corrected chi connectivity index (χ2v) is 8.18. The molecule has 0 spiro atoms. The molecular formula is C21H21NO2S. The minimum atomic E-state index is -0.136. The molecule has 3 rings (SSSR count). The Morgan fingerprint density at radius 1 is 1.00 bits per heavy atom. The van der Waals surface area contributed by atoms with Crippen LogP contribution in [0, 0.1) is 5.41 Å². The van der Waals surface area contributed by atoms with Crippen LogP contribution < -0.4 is 5.32 Å². The predicted octanol–water partition coefficient (Wildman–Crippen LogP) is 5.30. The summed E-state index contributed by atoms with van der Waals surface area (Å²) in [5.41, 5.74) is 1.37. The summed E-state index contributed by atoms with van der Waals surface area (Å²) in [7, 11) is 0. The Morgan fingerprint density at radius 2 is 1.68 bits per heavy atom. The van der Waals surface area contributed by atoms with Gasteiger partial charge in [-0.2, -0.15) is 0 Å². The standard InChI is InChI=1S/C21H21NO2S/c1-21(2)13-16(23)12-17(14-21)25-19-11-7-6-10-18(19)22-20(24)15-8-4-3-5-9-15/h3-12H,13-14H2,1-2H3,(H,22,24). The number of hydrogen-bond acceptors (Lipinski definition) is 3. The van der Waals surface area contributed by atoms with Gasteiger partial charge in [0.1, 0.15) is 0 Å². The largest absolute Gasteiger partial charge is 0.321 e. The fourth-order valence-electron chi connectivity index (χ4n) is 2.94. The molecule has 0 radical (unpaired) electrons. The van der Waals surface area contributed by atoms with Gasteiger partial charge in [-0.1, -0.05) is 55.9 Å². The van der Waals surface area contributed by atoms with Gasteiger partial charge in [0.25, 0.3) is 5.91 Å². The molecule has 2 aromatic rings. The van der Waals surface area contributed by atoms with Crippen molar-refractivity contribution >= 4 is 29.1 Å². The van der Waals surface area contributed by atoms with Gasteiger partial charge in [0.2, 0.25) is 0 Å². The fraction of sp³-hybridized carbons (Fsp3) is 0.238. The van der Waals surface area contributed by atoms with Gasteiger partial charge in [-0.3, -0.25) is 9.59 Å². The zero-order valence-corrected chi connectivity index (χ0v) is 15.2. The summed E-state index contributed by atoms with van der Waals surface area (Å²) >= 11 is 1.56. The van der Waals surface area contributed by atoms with E-state index in [1.165, 1.54) is 0 Å². The summed E-state index contributed by atoms with van der Waals surface area (Å²) in [6.07, 6.45) is 3.19. The number of nitrogens with one attached hydrogen (secondary N) is 1. The number of rotatable bonds is 4. The first-order valence-electron chi connectivity index (χ1n) is 8.30. The Bertz CT molecular complexity index is 825. The molecule has 128 valence electrons. The molecule has 0 saturated carbocycles. The van der Waals surface area contributed by atoms with Gasteiger partial charge in [-0.15, -0.1) is 0 Å². The molecule has 2 aromatic carbocycles. The van der Waals surface area contributed by atoms with E-state index in [0.717, 1.165) is 21.9 Å². The van der Waals surface area contributed by atoms with Gasteiger partial charge in [-0.25, -0.2) is 0 Å². The molecule has 0 aromatic heterocycles. The number of ketones is 1. The van der Waals surface area contributed by atoms with E-state index in [1.54, 1.807) is 30.0 Å². The van der Waals surface area contributed by atoms with Gasteiger partial charge < -0.3 is 5.32 Å². The van der Waals surface area contributed by atoms with Crippen LogP contribution in [0.5, 0.6) is 0 Å². The van der Waals surface area contributed by atoms with Gasteiger partial charge in [0.05, 0.1) is 5.69 Å². The van der Waals surface area contributed by atoms with Gasteiger partial charge in [-0.05, 0) is 47.1 Å². The molecule has 1 aliphatic carbocycles. The van der Waals surface area contributed by atoms with Gasteiger partial charge >= 0.3 is 0 Å². The number of carbonyl (C=O) groups is 2. The molecule has 0 aliphatic heterocycles. The highest BCUT2D eigenvalue weighted by Crippen LogP contribution is 2.42. The molecule has 1 N–H and O–H groups in total. The van der Waals surface area contributed by atoms with Crippen molar-refractivity contribution in [3.63, 3.8) is 0 Å².